The van der Waals surface area contributed by atoms with Crippen molar-refractivity contribution in [2.24, 2.45) is 0 Å². The van der Waals surface area contributed by atoms with E-state index < -0.39 is 11.5 Å². The van der Waals surface area contributed by atoms with Crippen LogP contribution in [0.4, 0.5) is 0 Å². The second-order valence-corrected chi connectivity index (χ2v) is 5.94. The Morgan fingerprint density at radius 3 is 2.71 bits per heavy atom. The minimum Gasteiger partial charge on any atom is -0.477 e. The Labute approximate surface area is 109 Å². The average molecular weight is 314 g/mol. The number of carboxylic acids is 1. The van der Waals surface area contributed by atoms with Crippen molar-refractivity contribution in [2.75, 3.05) is 0 Å². The molecule has 2 rings (SSSR count). The summed E-state index contributed by atoms with van der Waals surface area (Å²) >= 11 is 4.82. The average Bonchev–Trinajstić information content (AvgIpc) is 2.67. The van der Waals surface area contributed by atoms with E-state index in [4.69, 9.17) is 5.11 Å². The van der Waals surface area contributed by atoms with Crippen LogP contribution in [-0.2, 0) is 0 Å². The zero-order chi connectivity index (χ0) is 12.6. The first-order valence-electron chi connectivity index (χ1n) is 4.72. The number of hydrogen-bond donors (Lipinski definition) is 2. The normalized spacial score (nSPS) is 10.5. The number of aromatic nitrogens is 1. The Kier molecular flexibility index (Phi) is 3.17. The summed E-state index contributed by atoms with van der Waals surface area (Å²) in [5.74, 6) is -1.21. The molecule has 0 atom stereocenters. The highest BCUT2D eigenvalue weighted by atomic mass is 79.9. The molecule has 0 fully saturated rings. The van der Waals surface area contributed by atoms with Crippen molar-refractivity contribution >= 4 is 33.2 Å². The molecular weight excluding hydrogens is 306 g/mol. The van der Waals surface area contributed by atoms with Gasteiger partial charge in [0.1, 0.15) is 5.56 Å². The van der Waals surface area contributed by atoms with Crippen molar-refractivity contribution in [2.45, 2.75) is 6.92 Å². The molecule has 0 aromatic carbocycles. The highest BCUT2D eigenvalue weighted by Gasteiger charge is 2.13. The molecule has 0 aliphatic heterocycles. The largest absolute Gasteiger partial charge is 0.477 e. The van der Waals surface area contributed by atoms with Crippen molar-refractivity contribution in [3.63, 3.8) is 0 Å². The van der Waals surface area contributed by atoms with Gasteiger partial charge in [0.15, 0.2) is 0 Å². The standard InChI is InChI=1S/C11H8BrNO3S/c1-5-4-6(11(15)16)10(14)13-9(5)7-2-3-8(12)17-7/h2-4H,1H3,(H,13,14)(H,15,16). The first kappa shape index (κ1) is 12.1. The predicted molar refractivity (Wildman–Crippen MR) is 69.8 cm³/mol. The number of nitrogens with one attached hydrogen (secondary N) is 1. The van der Waals surface area contributed by atoms with Crippen LogP contribution < -0.4 is 5.56 Å². The van der Waals surface area contributed by atoms with Gasteiger partial charge in [-0.2, -0.15) is 0 Å². The van der Waals surface area contributed by atoms with Gasteiger partial charge in [-0.3, -0.25) is 4.79 Å². The molecule has 2 aromatic heterocycles. The Morgan fingerprint density at radius 1 is 1.47 bits per heavy atom. The maximum absolute atomic E-state index is 11.6. The molecule has 0 unspecified atom stereocenters. The summed E-state index contributed by atoms with van der Waals surface area (Å²) in [5, 5.41) is 8.83. The molecule has 0 radical (unpaired) electrons. The summed E-state index contributed by atoms with van der Waals surface area (Å²) in [6.07, 6.45) is 0. The summed E-state index contributed by atoms with van der Waals surface area (Å²) < 4.78 is 0.954. The third-order valence-electron chi connectivity index (χ3n) is 2.29. The first-order chi connectivity index (χ1) is 7.99. The summed E-state index contributed by atoms with van der Waals surface area (Å²) in [6, 6.07) is 5.14. The van der Waals surface area contributed by atoms with Crippen LogP contribution in [0.2, 0.25) is 0 Å². The molecule has 2 heterocycles. The number of aromatic carboxylic acids is 1. The molecule has 0 saturated carbocycles. The van der Waals surface area contributed by atoms with E-state index in [2.05, 4.69) is 20.9 Å². The third-order valence-corrected chi connectivity index (χ3v) is 3.93. The van der Waals surface area contributed by atoms with Crippen LogP contribution in [0.5, 0.6) is 0 Å². The number of hydrogen-bond acceptors (Lipinski definition) is 3. The van der Waals surface area contributed by atoms with Crippen molar-refractivity contribution in [1.82, 2.24) is 4.98 Å². The molecule has 0 aliphatic carbocycles. The summed E-state index contributed by atoms with van der Waals surface area (Å²) in [6.45, 7) is 1.77. The second kappa shape index (κ2) is 4.46. The summed E-state index contributed by atoms with van der Waals surface area (Å²) in [4.78, 5) is 25.9. The van der Waals surface area contributed by atoms with E-state index in [0.29, 0.717) is 5.69 Å². The fraction of sp³-hybridized carbons (Fsp3) is 0.0909. The molecule has 0 amide bonds. The number of halogens is 1. The van der Waals surface area contributed by atoms with E-state index >= 15 is 0 Å². The smallest absolute Gasteiger partial charge is 0.341 e. The topological polar surface area (TPSA) is 70.2 Å². The molecule has 0 spiro atoms. The minimum absolute atomic E-state index is 0.234. The van der Waals surface area contributed by atoms with Crippen LogP contribution in [0.15, 0.2) is 26.8 Å². The number of thiophene rings is 1. The van der Waals surface area contributed by atoms with E-state index in [9.17, 15) is 9.59 Å². The number of carbonyl (C=O) groups is 1. The second-order valence-electron chi connectivity index (χ2n) is 3.48. The van der Waals surface area contributed by atoms with Gasteiger partial charge in [0.05, 0.1) is 14.4 Å². The molecule has 0 saturated heterocycles. The number of H-pyrrole nitrogens is 1. The Bertz CT molecular complexity index is 644. The molecule has 88 valence electrons. The van der Waals surface area contributed by atoms with Gasteiger partial charge in [-0.1, -0.05) is 0 Å². The fourth-order valence-corrected chi connectivity index (χ4v) is 2.95. The first-order valence-corrected chi connectivity index (χ1v) is 6.33. The Balaban J connectivity index is 2.62. The SMILES string of the molecule is Cc1cc(C(=O)O)c(=O)[nH]c1-c1ccc(Br)s1. The van der Waals surface area contributed by atoms with Crippen LogP contribution in [0.1, 0.15) is 15.9 Å². The van der Waals surface area contributed by atoms with Crippen LogP contribution in [0, 0.1) is 6.92 Å². The zero-order valence-corrected chi connectivity index (χ0v) is 11.2. The third kappa shape index (κ3) is 2.32. The molecule has 0 aliphatic rings. The molecule has 6 heteroatoms. The predicted octanol–water partition coefficient (Wildman–Crippen LogP) is 2.87. The lowest BCUT2D eigenvalue weighted by molar-refractivity contribution is 0.0695. The van der Waals surface area contributed by atoms with Gasteiger partial charge < -0.3 is 10.1 Å². The van der Waals surface area contributed by atoms with Crippen molar-refractivity contribution < 1.29 is 9.90 Å². The number of aromatic amines is 1. The highest BCUT2D eigenvalue weighted by Crippen LogP contribution is 2.31. The maximum Gasteiger partial charge on any atom is 0.341 e. The zero-order valence-electron chi connectivity index (χ0n) is 8.78. The lowest BCUT2D eigenvalue weighted by Crippen LogP contribution is -2.18. The molecule has 2 aromatic rings. The van der Waals surface area contributed by atoms with Gasteiger partial charge in [0.2, 0.25) is 0 Å². The minimum atomic E-state index is -1.21. The van der Waals surface area contributed by atoms with Gasteiger partial charge in [0.25, 0.3) is 5.56 Å². The lowest BCUT2D eigenvalue weighted by atomic mass is 10.1. The quantitative estimate of drug-likeness (QED) is 0.895. The van der Waals surface area contributed by atoms with Crippen LogP contribution >= 0.6 is 27.3 Å². The Hall–Kier alpha value is -1.40. The summed E-state index contributed by atoms with van der Waals surface area (Å²) in [5.41, 5.74) is 0.580. The van der Waals surface area contributed by atoms with E-state index in [1.165, 1.54) is 17.4 Å². The number of carboxylic acid groups (broad SMARTS) is 1. The van der Waals surface area contributed by atoms with Crippen molar-refractivity contribution in [3.8, 4) is 10.6 Å². The maximum atomic E-state index is 11.6. The molecule has 0 bridgehead atoms. The molecule has 17 heavy (non-hydrogen) atoms. The number of pyridine rings is 1. The van der Waals surface area contributed by atoms with Gasteiger partial charge in [-0.05, 0) is 46.6 Å². The highest BCUT2D eigenvalue weighted by molar-refractivity contribution is 9.11. The molecule has 2 N–H and O–H groups in total. The van der Waals surface area contributed by atoms with E-state index in [0.717, 1.165) is 14.2 Å². The van der Waals surface area contributed by atoms with E-state index in [1.54, 1.807) is 6.92 Å². The van der Waals surface area contributed by atoms with Gasteiger partial charge in [-0.15, -0.1) is 11.3 Å². The van der Waals surface area contributed by atoms with Crippen LogP contribution in [0.25, 0.3) is 10.6 Å². The van der Waals surface area contributed by atoms with E-state index in [1.807, 2.05) is 12.1 Å². The van der Waals surface area contributed by atoms with Gasteiger partial charge in [-0.25, -0.2) is 4.79 Å². The van der Waals surface area contributed by atoms with Gasteiger partial charge >= 0.3 is 5.97 Å². The number of aryl methyl sites for hydroxylation is 1. The fourth-order valence-electron chi connectivity index (χ4n) is 1.50. The van der Waals surface area contributed by atoms with Crippen LogP contribution in [0.3, 0.4) is 0 Å². The van der Waals surface area contributed by atoms with Crippen molar-refractivity contribution in [1.29, 1.82) is 0 Å². The molecular formula is C11H8BrNO3S. The number of rotatable bonds is 2. The van der Waals surface area contributed by atoms with Crippen LogP contribution in [-0.4, -0.2) is 16.1 Å². The van der Waals surface area contributed by atoms with Gasteiger partial charge in [0, 0.05) is 0 Å². The molecule has 4 nitrogen and oxygen atoms in total. The summed E-state index contributed by atoms with van der Waals surface area (Å²) in [7, 11) is 0. The lowest BCUT2D eigenvalue weighted by Gasteiger charge is -2.04. The Morgan fingerprint density at radius 2 is 2.18 bits per heavy atom. The monoisotopic (exact) mass is 313 g/mol. The van der Waals surface area contributed by atoms with Crippen molar-refractivity contribution in [3.05, 3.63) is 43.5 Å². The van der Waals surface area contributed by atoms with E-state index in [-0.39, 0.29) is 5.56 Å².